The molecule has 19 heavy (non-hydrogen) atoms. The number of fused-ring (bicyclic) bond motifs is 1. The highest BCUT2D eigenvalue weighted by atomic mass is 32.2. The maximum atomic E-state index is 12.6. The van der Waals surface area contributed by atoms with Gasteiger partial charge in [-0.25, -0.2) is 0 Å². The summed E-state index contributed by atoms with van der Waals surface area (Å²) in [6.07, 6.45) is 6.73. The predicted octanol–water partition coefficient (Wildman–Crippen LogP) is 1.74. The van der Waals surface area contributed by atoms with Crippen molar-refractivity contribution in [1.82, 2.24) is 9.80 Å². The molecule has 2 atom stereocenters. The molecule has 0 saturated carbocycles. The average molecular weight is 284 g/mol. The third-order valence-electron chi connectivity index (χ3n) is 4.15. The summed E-state index contributed by atoms with van der Waals surface area (Å²) in [7, 11) is 0. The minimum Gasteiger partial charge on any atom is -0.329 e. The van der Waals surface area contributed by atoms with Crippen LogP contribution in [0.25, 0.3) is 0 Å². The number of thioether (sulfide) groups is 1. The Bertz CT molecular complexity index is 348. The monoisotopic (exact) mass is 284 g/mol. The van der Waals surface area contributed by atoms with Gasteiger partial charge in [0.05, 0.1) is 0 Å². The fourth-order valence-electron chi connectivity index (χ4n) is 3.16. The van der Waals surface area contributed by atoms with Crippen molar-refractivity contribution in [2.75, 3.05) is 25.1 Å². The van der Waals surface area contributed by atoms with Gasteiger partial charge in [-0.05, 0) is 44.1 Å². The Morgan fingerprint density at radius 3 is 2.74 bits per heavy atom. The molecule has 2 heterocycles. The number of piperidine rings is 1. The molecule has 2 unspecified atom stereocenters. The van der Waals surface area contributed by atoms with Crippen molar-refractivity contribution in [2.45, 2.75) is 51.1 Å². The molecule has 0 radical (unpaired) electrons. The Labute approximate surface area is 119 Å². The summed E-state index contributed by atoms with van der Waals surface area (Å²) >= 11 is 1.79. The van der Waals surface area contributed by atoms with Crippen LogP contribution in [0.15, 0.2) is 0 Å². The normalized spacial score (nSPS) is 27.7. The largest absolute Gasteiger partial charge is 0.329 e. The summed E-state index contributed by atoms with van der Waals surface area (Å²) in [5, 5.41) is 0. The van der Waals surface area contributed by atoms with Crippen LogP contribution >= 0.6 is 11.8 Å². The summed E-state index contributed by atoms with van der Waals surface area (Å²) in [5.74, 6) is 1.41. The fourth-order valence-corrected chi connectivity index (χ4v) is 3.58. The Morgan fingerprint density at radius 1 is 1.26 bits per heavy atom. The Balaban J connectivity index is 2.11. The molecule has 2 aliphatic heterocycles. The van der Waals surface area contributed by atoms with Gasteiger partial charge in [-0.15, -0.1) is 0 Å². The van der Waals surface area contributed by atoms with Gasteiger partial charge < -0.3 is 9.80 Å². The van der Waals surface area contributed by atoms with E-state index in [1.807, 2.05) is 16.7 Å². The first-order chi connectivity index (χ1) is 9.20. The molecule has 2 saturated heterocycles. The van der Waals surface area contributed by atoms with E-state index in [0.717, 1.165) is 50.9 Å². The summed E-state index contributed by atoms with van der Waals surface area (Å²) in [6, 6.07) is -0.387. The maximum absolute atomic E-state index is 12.6. The van der Waals surface area contributed by atoms with Gasteiger partial charge in [-0.1, -0.05) is 6.92 Å². The van der Waals surface area contributed by atoms with Crippen LogP contribution in [0.3, 0.4) is 0 Å². The summed E-state index contributed by atoms with van der Waals surface area (Å²) in [4.78, 5) is 28.8. The van der Waals surface area contributed by atoms with Crippen LogP contribution in [0.5, 0.6) is 0 Å². The van der Waals surface area contributed by atoms with Gasteiger partial charge in [0.1, 0.15) is 12.1 Å². The third kappa shape index (κ3) is 2.91. The molecule has 0 bridgehead atoms. The zero-order valence-electron chi connectivity index (χ0n) is 11.9. The fraction of sp³-hybridized carbons (Fsp3) is 0.857. The molecular formula is C14H24N2O2S. The molecule has 5 heteroatoms. The van der Waals surface area contributed by atoms with E-state index in [0.29, 0.717) is 0 Å². The van der Waals surface area contributed by atoms with Gasteiger partial charge in [0.15, 0.2) is 0 Å². The van der Waals surface area contributed by atoms with Crippen molar-refractivity contribution >= 4 is 23.6 Å². The molecule has 4 nitrogen and oxygen atoms in total. The summed E-state index contributed by atoms with van der Waals surface area (Å²) in [6.45, 7) is 3.50. The van der Waals surface area contributed by atoms with Crippen molar-refractivity contribution in [3.05, 3.63) is 0 Å². The van der Waals surface area contributed by atoms with Crippen LogP contribution < -0.4 is 0 Å². The first-order valence-electron chi connectivity index (χ1n) is 7.30. The topological polar surface area (TPSA) is 40.6 Å². The number of carbonyl (C=O) groups excluding carboxylic acids is 2. The van der Waals surface area contributed by atoms with Crippen molar-refractivity contribution in [3.63, 3.8) is 0 Å². The lowest BCUT2D eigenvalue weighted by atomic mass is 9.94. The molecule has 0 aromatic rings. The van der Waals surface area contributed by atoms with Crippen LogP contribution in [0, 0.1) is 0 Å². The van der Waals surface area contributed by atoms with Crippen molar-refractivity contribution < 1.29 is 9.59 Å². The van der Waals surface area contributed by atoms with Crippen molar-refractivity contribution in [1.29, 1.82) is 0 Å². The van der Waals surface area contributed by atoms with E-state index in [1.165, 1.54) is 0 Å². The predicted molar refractivity (Wildman–Crippen MR) is 78.1 cm³/mol. The molecule has 2 amide bonds. The van der Waals surface area contributed by atoms with E-state index in [1.54, 1.807) is 11.8 Å². The quantitative estimate of drug-likeness (QED) is 0.722. The highest BCUT2D eigenvalue weighted by Crippen LogP contribution is 2.27. The first-order valence-corrected chi connectivity index (χ1v) is 8.70. The smallest absolute Gasteiger partial charge is 0.246 e. The molecule has 0 aromatic carbocycles. The van der Waals surface area contributed by atoms with Gasteiger partial charge >= 0.3 is 0 Å². The molecule has 0 N–H and O–H groups in total. The molecule has 2 aliphatic rings. The number of rotatable bonds is 5. The van der Waals surface area contributed by atoms with E-state index < -0.39 is 0 Å². The lowest BCUT2D eigenvalue weighted by Gasteiger charge is -2.46. The lowest BCUT2D eigenvalue weighted by Crippen LogP contribution is -2.65. The number of nitrogens with zero attached hydrogens (tertiary/aromatic N) is 2. The number of hydrogen-bond donors (Lipinski definition) is 0. The first kappa shape index (κ1) is 14.7. The summed E-state index contributed by atoms with van der Waals surface area (Å²) in [5.41, 5.74) is 0. The molecule has 108 valence electrons. The number of piperazine rings is 1. The zero-order valence-corrected chi connectivity index (χ0v) is 12.7. The number of amides is 2. The zero-order chi connectivity index (χ0) is 13.8. The third-order valence-corrected chi connectivity index (χ3v) is 4.85. The molecule has 2 fully saturated rings. The molecule has 2 rings (SSSR count). The Kier molecular flexibility index (Phi) is 5.13. The minimum atomic E-state index is -0.219. The van der Waals surface area contributed by atoms with E-state index in [2.05, 4.69) is 6.26 Å². The van der Waals surface area contributed by atoms with Crippen LogP contribution in [-0.2, 0) is 9.59 Å². The van der Waals surface area contributed by atoms with Gasteiger partial charge in [-0.3, -0.25) is 9.59 Å². The SMILES string of the molecule is CCC1C(=O)N2CCCCC2C(=O)N1CCCSC. The van der Waals surface area contributed by atoms with E-state index in [9.17, 15) is 9.59 Å². The van der Waals surface area contributed by atoms with E-state index in [4.69, 9.17) is 0 Å². The highest BCUT2D eigenvalue weighted by molar-refractivity contribution is 7.98. The second kappa shape index (κ2) is 6.64. The van der Waals surface area contributed by atoms with Gasteiger partial charge in [0.25, 0.3) is 0 Å². The van der Waals surface area contributed by atoms with Crippen LogP contribution in [0.4, 0.5) is 0 Å². The van der Waals surface area contributed by atoms with Crippen molar-refractivity contribution in [2.24, 2.45) is 0 Å². The molecule has 0 aliphatic carbocycles. The number of carbonyl (C=O) groups is 2. The Hall–Kier alpha value is -0.710. The number of hydrogen-bond acceptors (Lipinski definition) is 3. The minimum absolute atomic E-state index is 0.168. The molecule has 0 aromatic heterocycles. The van der Waals surface area contributed by atoms with E-state index in [-0.39, 0.29) is 23.9 Å². The van der Waals surface area contributed by atoms with Gasteiger partial charge in [0.2, 0.25) is 11.8 Å². The van der Waals surface area contributed by atoms with Gasteiger partial charge in [0, 0.05) is 13.1 Å². The second-order valence-corrected chi connectivity index (χ2v) is 6.33. The van der Waals surface area contributed by atoms with E-state index >= 15 is 0 Å². The standard InChI is InChI=1S/C14H24N2O2S/c1-3-11-13(17)16-8-5-4-7-12(16)14(18)15(11)9-6-10-19-2/h11-12H,3-10H2,1-2H3. The lowest BCUT2D eigenvalue weighted by molar-refractivity contribution is -0.163. The average Bonchev–Trinajstić information content (AvgIpc) is 2.44. The molecular weight excluding hydrogens is 260 g/mol. The van der Waals surface area contributed by atoms with Gasteiger partial charge in [-0.2, -0.15) is 11.8 Å². The van der Waals surface area contributed by atoms with Crippen LogP contribution in [-0.4, -0.2) is 58.8 Å². The highest BCUT2D eigenvalue weighted by Gasteiger charge is 2.45. The maximum Gasteiger partial charge on any atom is 0.246 e. The van der Waals surface area contributed by atoms with Crippen molar-refractivity contribution in [3.8, 4) is 0 Å². The Morgan fingerprint density at radius 2 is 2.05 bits per heavy atom. The summed E-state index contributed by atoms with van der Waals surface area (Å²) < 4.78 is 0. The second-order valence-electron chi connectivity index (χ2n) is 5.35. The molecule has 0 spiro atoms. The van der Waals surface area contributed by atoms with Crippen LogP contribution in [0.1, 0.15) is 39.0 Å². The van der Waals surface area contributed by atoms with Crippen LogP contribution in [0.2, 0.25) is 0 Å².